The van der Waals surface area contributed by atoms with Gasteiger partial charge >= 0.3 is 0 Å². The zero-order valence-electron chi connectivity index (χ0n) is 24.1. The number of fused-ring (bicyclic) bond motifs is 1. The highest BCUT2D eigenvalue weighted by Crippen LogP contribution is 2.31. The van der Waals surface area contributed by atoms with Gasteiger partial charge in [0.1, 0.15) is 5.65 Å². The Morgan fingerprint density at radius 3 is 2.38 bits per heavy atom. The van der Waals surface area contributed by atoms with Crippen LogP contribution < -0.4 is 15.8 Å². The molecule has 0 saturated carbocycles. The van der Waals surface area contributed by atoms with Crippen molar-refractivity contribution in [1.82, 2.24) is 24.4 Å². The van der Waals surface area contributed by atoms with Gasteiger partial charge in [-0.3, -0.25) is 19.2 Å². The lowest BCUT2D eigenvalue weighted by atomic mass is 10.0. The number of aryl methyl sites for hydroxylation is 1. The number of hydrogen-bond donors (Lipinski definition) is 1. The predicted octanol–water partition coefficient (Wildman–Crippen LogP) is 6.47. The van der Waals surface area contributed by atoms with Crippen molar-refractivity contribution in [2.75, 3.05) is 36.4 Å². The number of benzene rings is 2. The number of nitrogens with zero attached hydrogens (tertiary/aromatic N) is 6. The number of aromatic nitrogens is 4. The molecule has 5 aromatic rings. The van der Waals surface area contributed by atoms with Crippen molar-refractivity contribution in [3.8, 4) is 22.4 Å². The molecule has 0 radical (unpaired) electrons. The van der Waals surface area contributed by atoms with Crippen molar-refractivity contribution in [1.29, 1.82) is 0 Å². The zero-order valence-corrected chi connectivity index (χ0v) is 24.8. The van der Waals surface area contributed by atoms with Gasteiger partial charge in [-0.05, 0) is 69.3 Å². The Balaban J connectivity index is 1.24. The maximum absolute atomic E-state index is 13.6. The number of halogens is 1. The summed E-state index contributed by atoms with van der Waals surface area (Å²) in [6.07, 6.45) is 3.49. The van der Waals surface area contributed by atoms with E-state index in [0.717, 1.165) is 48.5 Å². The Bertz CT molecular complexity index is 1760. The van der Waals surface area contributed by atoms with Gasteiger partial charge in [0.2, 0.25) is 5.95 Å². The number of piperazine rings is 1. The van der Waals surface area contributed by atoms with Crippen LogP contribution >= 0.6 is 11.6 Å². The maximum Gasteiger partial charge on any atom is 0.260 e. The highest BCUT2D eigenvalue weighted by atomic mass is 35.5. The first kappa shape index (κ1) is 27.9. The molecular weight excluding hydrogens is 546 g/mol. The van der Waals surface area contributed by atoms with Crippen LogP contribution in [0.3, 0.4) is 0 Å². The second-order valence-electron chi connectivity index (χ2n) is 10.8. The van der Waals surface area contributed by atoms with E-state index in [1.54, 1.807) is 17.0 Å². The van der Waals surface area contributed by atoms with Crippen molar-refractivity contribution >= 4 is 40.0 Å². The number of pyridine rings is 2. The summed E-state index contributed by atoms with van der Waals surface area (Å²) in [6, 6.07) is 22.1. The van der Waals surface area contributed by atoms with E-state index in [2.05, 4.69) is 51.1 Å². The van der Waals surface area contributed by atoms with Crippen LogP contribution in [0.4, 0.5) is 17.3 Å². The Morgan fingerprint density at radius 1 is 0.929 bits per heavy atom. The van der Waals surface area contributed by atoms with E-state index in [9.17, 15) is 4.79 Å². The molecule has 42 heavy (non-hydrogen) atoms. The van der Waals surface area contributed by atoms with E-state index in [1.165, 1.54) is 5.69 Å². The second-order valence-corrected chi connectivity index (χ2v) is 11.2. The molecule has 1 N–H and O–H groups in total. The minimum atomic E-state index is -0.149. The average Bonchev–Trinajstić information content (AvgIpc) is 3.02. The van der Waals surface area contributed by atoms with Gasteiger partial charge in [0.15, 0.2) is 0 Å². The van der Waals surface area contributed by atoms with Crippen LogP contribution in [0.5, 0.6) is 0 Å². The molecule has 8 nitrogen and oxygen atoms in total. The third kappa shape index (κ3) is 5.60. The first-order valence-corrected chi connectivity index (χ1v) is 14.8. The molecule has 2 aromatic carbocycles. The zero-order chi connectivity index (χ0) is 29.2. The smallest absolute Gasteiger partial charge is 0.260 e. The minimum absolute atomic E-state index is 0.149. The third-order valence-electron chi connectivity index (χ3n) is 7.90. The molecule has 6 rings (SSSR count). The van der Waals surface area contributed by atoms with Crippen LogP contribution in [0.25, 0.3) is 33.4 Å². The van der Waals surface area contributed by atoms with Crippen LogP contribution in [-0.4, -0.2) is 56.6 Å². The van der Waals surface area contributed by atoms with Crippen molar-refractivity contribution < 1.29 is 0 Å². The molecule has 0 unspecified atom stereocenters. The molecule has 0 amide bonds. The van der Waals surface area contributed by atoms with E-state index in [-0.39, 0.29) is 5.56 Å². The second kappa shape index (κ2) is 11.9. The summed E-state index contributed by atoms with van der Waals surface area (Å²) < 4.78 is 1.67. The fourth-order valence-corrected chi connectivity index (χ4v) is 5.80. The fraction of sp³-hybridized carbons (Fsp3) is 0.273. The molecule has 0 atom stereocenters. The Labute approximate surface area is 250 Å². The summed E-state index contributed by atoms with van der Waals surface area (Å²) in [6.45, 7) is 11.1. The van der Waals surface area contributed by atoms with Crippen molar-refractivity contribution in [2.24, 2.45) is 0 Å². The molecule has 1 fully saturated rings. The normalized spacial score (nSPS) is 14.1. The SMILES string of the molecule is CCn1c(=O)c(-c2ccc(-c3ccccn3)cc2Cl)cc2cnc(Nc3ccc(N4CCN(C(C)C)CC4)cc3)nc21. The Kier molecular flexibility index (Phi) is 7.91. The molecule has 9 heteroatoms. The van der Waals surface area contributed by atoms with Crippen LogP contribution in [0.15, 0.2) is 83.9 Å². The minimum Gasteiger partial charge on any atom is -0.369 e. The van der Waals surface area contributed by atoms with Crippen LogP contribution in [0.1, 0.15) is 20.8 Å². The van der Waals surface area contributed by atoms with E-state index >= 15 is 0 Å². The van der Waals surface area contributed by atoms with Crippen molar-refractivity contribution in [3.63, 3.8) is 0 Å². The van der Waals surface area contributed by atoms with Gasteiger partial charge in [0.05, 0.1) is 5.69 Å². The third-order valence-corrected chi connectivity index (χ3v) is 8.21. The molecule has 4 heterocycles. The van der Waals surface area contributed by atoms with Crippen molar-refractivity contribution in [2.45, 2.75) is 33.4 Å². The summed E-state index contributed by atoms with van der Waals surface area (Å²) in [5.41, 5.74) is 5.41. The number of rotatable bonds is 7. The predicted molar refractivity (Wildman–Crippen MR) is 172 cm³/mol. The standard InChI is InChI=1S/C33H34ClN7O/c1-4-41-31-24(19-28(32(41)42)27-13-8-23(20-29(27)34)30-7-5-6-14-35-30)21-36-33(38-31)37-25-9-11-26(12-10-25)40-17-15-39(16-18-40)22(2)3/h5-14,19-22H,4,15-18H2,1-3H3,(H,36,37,38). The Morgan fingerprint density at radius 2 is 1.71 bits per heavy atom. The lowest BCUT2D eigenvalue weighted by molar-refractivity contribution is 0.209. The molecular formula is C33H34ClN7O. The fourth-order valence-electron chi connectivity index (χ4n) is 5.51. The van der Waals surface area contributed by atoms with Gasteiger partial charge in [-0.25, -0.2) is 4.98 Å². The number of nitrogens with one attached hydrogen (secondary N) is 1. The largest absolute Gasteiger partial charge is 0.369 e. The van der Waals surface area contributed by atoms with E-state index < -0.39 is 0 Å². The van der Waals surface area contributed by atoms with Crippen LogP contribution in [0, 0.1) is 0 Å². The van der Waals surface area contributed by atoms with E-state index in [4.69, 9.17) is 16.6 Å². The van der Waals surface area contributed by atoms with Gasteiger partial charge in [-0.2, -0.15) is 4.98 Å². The molecule has 214 valence electrons. The average molecular weight is 580 g/mol. The quantitative estimate of drug-likeness (QED) is 0.237. The molecule has 1 saturated heterocycles. The molecule has 0 spiro atoms. The summed E-state index contributed by atoms with van der Waals surface area (Å²) in [5.74, 6) is 0.438. The summed E-state index contributed by atoms with van der Waals surface area (Å²) in [7, 11) is 0. The van der Waals surface area contributed by atoms with Gasteiger partial charge in [-0.15, -0.1) is 0 Å². The van der Waals surface area contributed by atoms with Crippen molar-refractivity contribution in [3.05, 3.63) is 94.5 Å². The maximum atomic E-state index is 13.6. The monoisotopic (exact) mass is 579 g/mol. The summed E-state index contributed by atoms with van der Waals surface area (Å²) >= 11 is 6.71. The first-order chi connectivity index (χ1) is 20.4. The molecule has 3 aromatic heterocycles. The molecule has 1 aliphatic rings. The summed E-state index contributed by atoms with van der Waals surface area (Å²) in [4.78, 5) is 32.3. The highest BCUT2D eigenvalue weighted by molar-refractivity contribution is 6.33. The molecule has 0 aliphatic carbocycles. The lowest BCUT2D eigenvalue weighted by Gasteiger charge is -2.38. The van der Waals surface area contributed by atoms with E-state index in [1.807, 2.05) is 61.5 Å². The van der Waals surface area contributed by atoms with Gasteiger partial charge < -0.3 is 10.2 Å². The summed E-state index contributed by atoms with van der Waals surface area (Å²) in [5, 5.41) is 4.55. The molecule has 1 aliphatic heterocycles. The molecule has 0 bridgehead atoms. The van der Waals surface area contributed by atoms with Crippen LogP contribution in [0.2, 0.25) is 5.02 Å². The van der Waals surface area contributed by atoms with Crippen LogP contribution in [-0.2, 0) is 6.54 Å². The topological polar surface area (TPSA) is 79.2 Å². The first-order valence-electron chi connectivity index (χ1n) is 14.4. The van der Waals surface area contributed by atoms with Gasteiger partial charge in [0, 0.05) is 89.6 Å². The highest BCUT2D eigenvalue weighted by Gasteiger charge is 2.19. The van der Waals surface area contributed by atoms with E-state index in [0.29, 0.717) is 40.3 Å². The number of hydrogen-bond acceptors (Lipinski definition) is 7. The number of anilines is 3. The van der Waals surface area contributed by atoms with Gasteiger partial charge in [0.25, 0.3) is 5.56 Å². The lowest BCUT2D eigenvalue weighted by Crippen LogP contribution is -2.48. The van der Waals surface area contributed by atoms with Gasteiger partial charge in [-0.1, -0.05) is 29.8 Å². The Hall–Kier alpha value is -4.27.